The van der Waals surface area contributed by atoms with Crippen molar-refractivity contribution in [3.8, 4) is 0 Å². The molecule has 0 saturated carbocycles. The smallest absolute Gasteiger partial charge is 0.198 e. The summed E-state index contributed by atoms with van der Waals surface area (Å²) in [5, 5.41) is 0. The first-order valence-corrected chi connectivity index (χ1v) is 9.19. The van der Waals surface area contributed by atoms with Gasteiger partial charge in [0.05, 0.1) is 0 Å². The summed E-state index contributed by atoms with van der Waals surface area (Å²) >= 11 is 0. The average Bonchev–Trinajstić information content (AvgIpc) is 2.53. The van der Waals surface area contributed by atoms with Gasteiger partial charge in [0.2, 0.25) is 0 Å². The van der Waals surface area contributed by atoms with Gasteiger partial charge in [-0.1, -0.05) is 58.8 Å². The molecule has 23 heavy (non-hydrogen) atoms. The fourth-order valence-electron chi connectivity index (χ4n) is 2.99. The summed E-state index contributed by atoms with van der Waals surface area (Å²) in [6.45, 7) is 7.62. The van der Waals surface area contributed by atoms with Crippen LogP contribution in [0.2, 0.25) is 0 Å². The zero-order valence-electron chi connectivity index (χ0n) is 15.3. The van der Waals surface area contributed by atoms with E-state index < -0.39 is 0 Å². The quantitative estimate of drug-likeness (QED) is 0.397. The lowest BCUT2D eigenvalue weighted by Gasteiger charge is -2.08. The normalized spacial score (nSPS) is 11.0. The van der Waals surface area contributed by atoms with E-state index in [-0.39, 0.29) is 17.0 Å². The fourth-order valence-corrected chi connectivity index (χ4v) is 2.99. The summed E-state index contributed by atoms with van der Waals surface area (Å²) in [6, 6.07) is 0. The minimum absolute atomic E-state index is 0.0312. The standard InChI is InChI=1S/C20H32O3/c1-5-7-8-9-10-11-12-13-14-18(21)20-15(3)19(22)17(6-2)16(4)23-20/h5-14H2,1-4H3. The molecule has 0 aliphatic rings. The van der Waals surface area contributed by atoms with E-state index in [0.717, 1.165) is 12.8 Å². The maximum atomic E-state index is 12.3. The number of carbonyl (C=O) groups is 1. The van der Waals surface area contributed by atoms with Gasteiger partial charge < -0.3 is 4.42 Å². The van der Waals surface area contributed by atoms with E-state index >= 15 is 0 Å². The summed E-state index contributed by atoms with van der Waals surface area (Å²) in [5.74, 6) is 0.825. The second-order valence-electron chi connectivity index (χ2n) is 6.42. The summed E-state index contributed by atoms with van der Waals surface area (Å²) in [4.78, 5) is 24.5. The molecule has 3 nitrogen and oxygen atoms in total. The highest BCUT2D eigenvalue weighted by atomic mass is 16.3. The Hall–Kier alpha value is -1.38. The van der Waals surface area contributed by atoms with Gasteiger partial charge in [0.1, 0.15) is 5.76 Å². The molecule has 1 aromatic rings. The SMILES string of the molecule is CCCCCCCCCCC(=O)c1oc(C)c(CC)c(=O)c1C. The van der Waals surface area contributed by atoms with Crippen LogP contribution >= 0.6 is 0 Å². The van der Waals surface area contributed by atoms with Crippen LogP contribution in [0.5, 0.6) is 0 Å². The molecule has 130 valence electrons. The van der Waals surface area contributed by atoms with Crippen LogP contribution in [0.25, 0.3) is 0 Å². The molecule has 0 aliphatic heterocycles. The van der Waals surface area contributed by atoms with Crippen LogP contribution < -0.4 is 5.43 Å². The monoisotopic (exact) mass is 320 g/mol. The zero-order valence-corrected chi connectivity index (χ0v) is 15.3. The van der Waals surface area contributed by atoms with Crippen molar-refractivity contribution in [3.63, 3.8) is 0 Å². The van der Waals surface area contributed by atoms with Gasteiger partial charge in [0, 0.05) is 17.5 Å². The van der Waals surface area contributed by atoms with Gasteiger partial charge in [-0.15, -0.1) is 0 Å². The van der Waals surface area contributed by atoms with Gasteiger partial charge >= 0.3 is 0 Å². The van der Waals surface area contributed by atoms with Crippen molar-refractivity contribution in [2.45, 2.75) is 91.9 Å². The predicted molar refractivity (Wildman–Crippen MR) is 95.4 cm³/mol. The largest absolute Gasteiger partial charge is 0.457 e. The van der Waals surface area contributed by atoms with Gasteiger partial charge in [0.15, 0.2) is 17.0 Å². The molecule has 0 radical (unpaired) electrons. The van der Waals surface area contributed by atoms with Gasteiger partial charge in [-0.3, -0.25) is 9.59 Å². The number of carbonyl (C=O) groups excluding carboxylic acids is 1. The molecule has 0 fully saturated rings. The Labute approximate surface area is 140 Å². The molecule has 0 unspecified atom stereocenters. The first-order chi connectivity index (χ1) is 11.0. The molecular weight excluding hydrogens is 288 g/mol. The van der Waals surface area contributed by atoms with E-state index in [0.29, 0.717) is 29.7 Å². The molecule has 0 aromatic carbocycles. The lowest BCUT2D eigenvalue weighted by Crippen LogP contribution is -2.18. The molecule has 0 atom stereocenters. The molecule has 1 aromatic heterocycles. The average molecular weight is 320 g/mol. The van der Waals surface area contributed by atoms with E-state index in [1.165, 1.54) is 38.5 Å². The number of unbranched alkanes of at least 4 members (excludes halogenated alkanes) is 7. The Morgan fingerprint density at radius 3 is 2.04 bits per heavy atom. The summed E-state index contributed by atoms with van der Waals surface area (Å²) in [6.07, 6.45) is 10.7. The number of hydrogen-bond donors (Lipinski definition) is 0. The molecule has 0 amide bonds. The van der Waals surface area contributed by atoms with Crippen molar-refractivity contribution in [1.82, 2.24) is 0 Å². The van der Waals surface area contributed by atoms with E-state index in [9.17, 15) is 9.59 Å². The summed E-state index contributed by atoms with van der Waals surface area (Å²) in [5.41, 5.74) is 1.12. The molecule has 0 saturated heterocycles. The fraction of sp³-hybridized carbons (Fsp3) is 0.700. The Morgan fingerprint density at radius 2 is 1.48 bits per heavy atom. The highest BCUT2D eigenvalue weighted by molar-refractivity contribution is 5.94. The third-order valence-corrected chi connectivity index (χ3v) is 4.50. The minimum atomic E-state index is -0.0319. The number of ketones is 1. The maximum Gasteiger partial charge on any atom is 0.198 e. The van der Waals surface area contributed by atoms with Crippen LogP contribution in [0.4, 0.5) is 0 Å². The second-order valence-corrected chi connectivity index (χ2v) is 6.42. The molecular formula is C20H32O3. The molecule has 1 heterocycles. The Kier molecular flexibility index (Phi) is 8.90. The topological polar surface area (TPSA) is 47.3 Å². The molecule has 1 rings (SSSR count). The molecule has 0 aliphatic carbocycles. The van der Waals surface area contributed by atoms with E-state index in [1.807, 2.05) is 6.92 Å². The van der Waals surface area contributed by atoms with Crippen molar-refractivity contribution in [1.29, 1.82) is 0 Å². The van der Waals surface area contributed by atoms with Crippen molar-refractivity contribution in [3.05, 3.63) is 32.9 Å². The van der Waals surface area contributed by atoms with Crippen molar-refractivity contribution in [2.75, 3.05) is 0 Å². The van der Waals surface area contributed by atoms with Crippen LogP contribution in [0.3, 0.4) is 0 Å². The van der Waals surface area contributed by atoms with Gasteiger partial charge in [-0.2, -0.15) is 0 Å². The first-order valence-electron chi connectivity index (χ1n) is 9.19. The molecule has 0 spiro atoms. The lowest BCUT2D eigenvalue weighted by molar-refractivity contribution is 0.0946. The van der Waals surface area contributed by atoms with Crippen molar-refractivity contribution < 1.29 is 9.21 Å². The van der Waals surface area contributed by atoms with E-state index in [4.69, 9.17) is 4.42 Å². The van der Waals surface area contributed by atoms with Crippen LogP contribution in [-0.2, 0) is 6.42 Å². The second kappa shape index (κ2) is 10.4. The Bertz CT molecular complexity index is 555. The number of aryl methyl sites for hydroxylation is 1. The number of hydrogen-bond acceptors (Lipinski definition) is 3. The zero-order chi connectivity index (χ0) is 17.2. The highest BCUT2D eigenvalue weighted by Crippen LogP contribution is 2.16. The molecule has 0 N–H and O–H groups in total. The summed E-state index contributed by atoms with van der Waals surface area (Å²) in [7, 11) is 0. The van der Waals surface area contributed by atoms with Gasteiger partial charge in [-0.25, -0.2) is 0 Å². The van der Waals surface area contributed by atoms with Gasteiger partial charge in [-0.05, 0) is 26.7 Å². The number of rotatable bonds is 11. The van der Waals surface area contributed by atoms with E-state index in [1.54, 1.807) is 13.8 Å². The van der Waals surface area contributed by atoms with Crippen LogP contribution in [0, 0.1) is 13.8 Å². The van der Waals surface area contributed by atoms with Crippen molar-refractivity contribution >= 4 is 5.78 Å². The molecule has 0 bridgehead atoms. The van der Waals surface area contributed by atoms with E-state index in [2.05, 4.69) is 6.92 Å². The third-order valence-electron chi connectivity index (χ3n) is 4.50. The highest BCUT2D eigenvalue weighted by Gasteiger charge is 2.18. The third kappa shape index (κ3) is 5.96. The maximum absolute atomic E-state index is 12.3. The Balaban J connectivity index is 2.46. The van der Waals surface area contributed by atoms with Crippen molar-refractivity contribution in [2.24, 2.45) is 0 Å². The van der Waals surface area contributed by atoms with Gasteiger partial charge in [0.25, 0.3) is 0 Å². The summed E-state index contributed by atoms with van der Waals surface area (Å²) < 4.78 is 5.65. The van der Waals surface area contributed by atoms with Crippen LogP contribution in [0.1, 0.15) is 99.1 Å². The Morgan fingerprint density at radius 1 is 0.913 bits per heavy atom. The first kappa shape index (κ1) is 19.7. The number of Topliss-reactive ketones (excluding diaryl/α,β-unsaturated/α-hetero) is 1. The van der Waals surface area contributed by atoms with Crippen LogP contribution in [0.15, 0.2) is 9.21 Å². The van der Waals surface area contributed by atoms with Crippen LogP contribution in [-0.4, -0.2) is 5.78 Å². The predicted octanol–water partition coefficient (Wildman–Crippen LogP) is 5.53. The minimum Gasteiger partial charge on any atom is -0.457 e. The lowest BCUT2D eigenvalue weighted by atomic mass is 10.0. The molecule has 3 heteroatoms.